The van der Waals surface area contributed by atoms with Gasteiger partial charge < -0.3 is 5.32 Å². The summed E-state index contributed by atoms with van der Waals surface area (Å²) in [4.78, 5) is 0.357. The largest absolute Gasteiger partial charge is 0.311 e. The Morgan fingerprint density at radius 3 is 2.63 bits per heavy atom. The second kappa shape index (κ2) is 6.02. The molecule has 19 heavy (non-hydrogen) atoms. The first-order valence-electron chi connectivity index (χ1n) is 6.82. The number of aromatic amines is 1. The predicted octanol–water partition coefficient (Wildman–Crippen LogP) is 1.00. The highest BCUT2D eigenvalue weighted by atomic mass is 32.2. The molecule has 0 unspecified atom stereocenters. The van der Waals surface area contributed by atoms with Gasteiger partial charge in [0.25, 0.3) is 0 Å². The number of aryl methyl sites for hydroxylation is 1. The quantitative estimate of drug-likeness (QED) is 0.846. The van der Waals surface area contributed by atoms with Gasteiger partial charge in [-0.05, 0) is 26.3 Å². The molecule has 108 valence electrons. The molecule has 1 aromatic rings. The lowest BCUT2D eigenvalue weighted by atomic mass is 10.2. The highest BCUT2D eigenvalue weighted by molar-refractivity contribution is 7.89. The fraction of sp³-hybridized carbons (Fsp3) is 0.750. The molecule has 1 aliphatic heterocycles. The Hall–Kier alpha value is -0.920. The lowest BCUT2D eigenvalue weighted by molar-refractivity contribution is 0.346. The summed E-state index contributed by atoms with van der Waals surface area (Å²) in [5.74, 6) is 0. The standard InChI is InChI=1S/C12H22N4O2S/c1-3-13-9-11-12(10(2)14-15-11)19(17,18)16-7-5-4-6-8-16/h13H,3-9H2,1-2H3,(H,14,15). The molecule has 0 bridgehead atoms. The van der Waals surface area contributed by atoms with E-state index in [1.165, 1.54) is 0 Å². The van der Waals surface area contributed by atoms with Crippen LogP contribution in [0.5, 0.6) is 0 Å². The summed E-state index contributed by atoms with van der Waals surface area (Å²) in [5.41, 5.74) is 1.21. The van der Waals surface area contributed by atoms with E-state index in [0.717, 1.165) is 25.8 Å². The number of nitrogens with zero attached hydrogens (tertiary/aromatic N) is 2. The molecule has 0 saturated carbocycles. The van der Waals surface area contributed by atoms with Crippen LogP contribution >= 0.6 is 0 Å². The number of hydrogen-bond acceptors (Lipinski definition) is 4. The van der Waals surface area contributed by atoms with Crippen LogP contribution in [-0.4, -0.2) is 42.6 Å². The average Bonchev–Trinajstić information content (AvgIpc) is 2.79. The maximum Gasteiger partial charge on any atom is 0.246 e. The van der Waals surface area contributed by atoms with E-state index in [9.17, 15) is 8.42 Å². The van der Waals surface area contributed by atoms with Crippen LogP contribution < -0.4 is 5.32 Å². The summed E-state index contributed by atoms with van der Waals surface area (Å²) < 4.78 is 27.0. The summed E-state index contributed by atoms with van der Waals surface area (Å²) in [6.45, 7) is 6.25. The lowest BCUT2D eigenvalue weighted by Crippen LogP contribution is -2.36. The molecule has 1 saturated heterocycles. The minimum atomic E-state index is -3.41. The van der Waals surface area contributed by atoms with Gasteiger partial charge >= 0.3 is 0 Å². The van der Waals surface area contributed by atoms with E-state index in [1.54, 1.807) is 11.2 Å². The van der Waals surface area contributed by atoms with Gasteiger partial charge in [-0.2, -0.15) is 9.40 Å². The van der Waals surface area contributed by atoms with Gasteiger partial charge in [-0.3, -0.25) is 5.10 Å². The Kier molecular flexibility index (Phi) is 4.59. The highest BCUT2D eigenvalue weighted by Gasteiger charge is 2.31. The topological polar surface area (TPSA) is 78.1 Å². The maximum atomic E-state index is 12.7. The van der Waals surface area contributed by atoms with Gasteiger partial charge in [-0.15, -0.1) is 0 Å². The number of H-pyrrole nitrogens is 1. The molecule has 1 aromatic heterocycles. The van der Waals surface area contributed by atoms with E-state index in [-0.39, 0.29) is 0 Å². The molecule has 7 heteroatoms. The average molecular weight is 286 g/mol. The number of aromatic nitrogens is 2. The Balaban J connectivity index is 2.30. The van der Waals surface area contributed by atoms with Crippen LogP contribution in [0.15, 0.2) is 4.90 Å². The van der Waals surface area contributed by atoms with Crippen molar-refractivity contribution in [1.29, 1.82) is 0 Å². The molecular formula is C12H22N4O2S. The molecule has 0 aliphatic carbocycles. The third kappa shape index (κ3) is 2.98. The van der Waals surface area contributed by atoms with E-state index in [0.29, 0.717) is 35.9 Å². The molecule has 0 aromatic carbocycles. The highest BCUT2D eigenvalue weighted by Crippen LogP contribution is 2.24. The lowest BCUT2D eigenvalue weighted by Gasteiger charge is -2.26. The van der Waals surface area contributed by atoms with Crippen molar-refractivity contribution in [2.45, 2.75) is 44.6 Å². The van der Waals surface area contributed by atoms with Crippen LogP contribution in [0, 0.1) is 6.92 Å². The van der Waals surface area contributed by atoms with Crippen LogP contribution in [0.25, 0.3) is 0 Å². The van der Waals surface area contributed by atoms with Crippen LogP contribution in [0.2, 0.25) is 0 Å². The van der Waals surface area contributed by atoms with Gasteiger partial charge in [0, 0.05) is 19.6 Å². The molecule has 0 amide bonds. The zero-order chi connectivity index (χ0) is 13.9. The van der Waals surface area contributed by atoms with Gasteiger partial charge in [0.1, 0.15) is 4.90 Å². The first-order valence-corrected chi connectivity index (χ1v) is 8.26. The second-order valence-corrected chi connectivity index (χ2v) is 6.74. The van der Waals surface area contributed by atoms with Crippen LogP contribution in [0.4, 0.5) is 0 Å². The molecule has 1 aliphatic rings. The zero-order valence-electron chi connectivity index (χ0n) is 11.6. The van der Waals surface area contributed by atoms with Gasteiger partial charge in [0.05, 0.1) is 11.4 Å². The summed E-state index contributed by atoms with van der Waals surface area (Å²) in [5, 5.41) is 10.0. The molecule has 2 rings (SSSR count). The Morgan fingerprint density at radius 1 is 1.32 bits per heavy atom. The smallest absolute Gasteiger partial charge is 0.246 e. The van der Waals surface area contributed by atoms with E-state index in [2.05, 4.69) is 15.5 Å². The van der Waals surface area contributed by atoms with Crippen molar-refractivity contribution in [1.82, 2.24) is 19.8 Å². The van der Waals surface area contributed by atoms with E-state index in [4.69, 9.17) is 0 Å². The zero-order valence-corrected chi connectivity index (χ0v) is 12.4. The number of rotatable bonds is 5. The van der Waals surface area contributed by atoms with Crippen molar-refractivity contribution in [2.24, 2.45) is 0 Å². The SMILES string of the molecule is CCNCc1n[nH]c(C)c1S(=O)(=O)N1CCCCC1. The van der Waals surface area contributed by atoms with Crippen molar-refractivity contribution in [2.75, 3.05) is 19.6 Å². The summed E-state index contributed by atoms with van der Waals surface area (Å²) >= 11 is 0. The molecule has 1 fully saturated rings. The normalized spacial score (nSPS) is 17.8. The van der Waals surface area contributed by atoms with Gasteiger partial charge in [-0.1, -0.05) is 13.3 Å². The predicted molar refractivity (Wildman–Crippen MR) is 73.3 cm³/mol. The van der Waals surface area contributed by atoms with Crippen molar-refractivity contribution in [3.63, 3.8) is 0 Å². The van der Waals surface area contributed by atoms with Crippen LogP contribution in [-0.2, 0) is 16.6 Å². The number of sulfonamides is 1. The van der Waals surface area contributed by atoms with E-state index >= 15 is 0 Å². The molecule has 0 radical (unpaired) electrons. The second-order valence-electron chi connectivity index (χ2n) is 4.87. The minimum absolute atomic E-state index is 0.357. The molecule has 2 heterocycles. The maximum absolute atomic E-state index is 12.7. The summed E-state index contributed by atoms with van der Waals surface area (Å²) in [7, 11) is -3.41. The summed E-state index contributed by atoms with van der Waals surface area (Å²) in [6, 6.07) is 0. The van der Waals surface area contributed by atoms with Crippen molar-refractivity contribution in [3.05, 3.63) is 11.4 Å². The number of nitrogens with one attached hydrogen (secondary N) is 2. The Labute approximate surface area is 114 Å². The monoisotopic (exact) mass is 286 g/mol. The van der Waals surface area contributed by atoms with Crippen LogP contribution in [0.3, 0.4) is 0 Å². The Bertz CT molecular complexity index is 518. The molecule has 0 atom stereocenters. The van der Waals surface area contributed by atoms with Crippen LogP contribution in [0.1, 0.15) is 37.6 Å². The van der Waals surface area contributed by atoms with Gasteiger partial charge in [-0.25, -0.2) is 8.42 Å². The Morgan fingerprint density at radius 2 is 2.00 bits per heavy atom. The molecule has 2 N–H and O–H groups in total. The van der Waals surface area contributed by atoms with Crippen molar-refractivity contribution < 1.29 is 8.42 Å². The van der Waals surface area contributed by atoms with Gasteiger partial charge in [0.15, 0.2) is 0 Å². The molecule has 6 nitrogen and oxygen atoms in total. The number of hydrogen-bond donors (Lipinski definition) is 2. The minimum Gasteiger partial charge on any atom is -0.311 e. The van der Waals surface area contributed by atoms with Gasteiger partial charge in [0.2, 0.25) is 10.0 Å². The van der Waals surface area contributed by atoms with E-state index in [1.807, 2.05) is 6.92 Å². The first kappa shape index (κ1) is 14.5. The summed E-state index contributed by atoms with van der Waals surface area (Å²) in [6.07, 6.45) is 3.00. The third-order valence-corrected chi connectivity index (χ3v) is 5.52. The van der Waals surface area contributed by atoms with Crippen molar-refractivity contribution in [3.8, 4) is 0 Å². The number of piperidine rings is 1. The first-order chi connectivity index (χ1) is 9.07. The third-order valence-electron chi connectivity index (χ3n) is 3.42. The van der Waals surface area contributed by atoms with Crippen molar-refractivity contribution >= 4 is 10.0 Å². The molecular weight excluding hydrogens is 264 g/mol. The fourth-order valence-corrected chi connectivity index (χ4v) is 4.25. The fourth-order valence-electron chi connectivity index (χ4n) is 2.41. The van der Waals surface area contributed by atoms with E-state index < -0.39 is 10.0 Å². The molecule has 0 spiro atoms.